The van der Waals surface area contributed by atoms with Gasteiger partial charge in [-0.05, 0) is 42.8 Å². The van der Waals surface area contributed by atoms with Crippen molar-refractivity contribution in [1.82, 2.24) is 4.98 Å². The first-order valence-corrected chi connectivity index (χ1v) is 7.84. The molecular weight excluding hydrogens is 324 g/mol. The molecule has 106 valence electrons. The van der Waals surface area contributed by atoms with E-state index in [1.165, 1.54) is 11.3 Å². The van der Waals surface area contributed by atoms with Gasteiger partial charge in [-0.25, -0.2) is 4.98 Å². The van der Waals surface area contributed by atoms with Crippen molar-refractivity contribution in [3.05, 3.63) is 52.5 Å². The largest absolute Gasteiger partial charge is 0.298 e. The molecule has 0 spiro atoms. The number of thiazole rings is 1. The summed E-state index contributed by atoms with van der Waals surface area (Å²) in [5.74, 6) is -0.285. The van der Waals surface area contributed by atoms with E-state index in [4.69, 9.17) is 11.6 Å². The Bertz CT molecular complexity index is 845. The van der Waals surface area contributed by atoms with Crippen LogP contribution in [0.25, 0.3) is 10.2 Å². The van der Waals surface area contributed by atoms with Gasteiger partial charge in [0, 0.05) is 4.90 Å². The summed E-state index contributed by atoms with van der Waals surface area (Å²) < 4.78 is 1.04. The van der Waals surface area contributed by atoms with Gasteiger partial charge >= 0.3 is 0 Å². The highest BCUT2D eigenvalue weighted by atomic mass is 35.5. The molecule has 1 N–H and O–H groups in total. The number of nitrogens with one attached hydrogen (secondary N) is 1. The first-order chi connectivity index (χ1) is 10.0. The fourth-order valence-electron chi connectivity index (χ4n) is 1.94. The lowest BCUT2D eigenvalue weighted by Gasteiger charge is -2.04. The van der Waals surface area contributed by atoms with Crippen LogP contribution < -0.4 is 5.32 Å². The summed E-state index contributed by atoms with van der Waals surface area (Å²) in [4.78, 5) is 17.3. The second-order valence-corrected chi connectivity index (χ2v) is 6.56. The summed E-state index contributed by atoms with van der Waals surface area (Å²) in [5, 5.41) is 3.73. The van der Waals surface area contributed by atoms with Crippen molar-refractivity contribution < 1.29 is 4.79 Å². The Hall–Kier alpha value is -1.56. The summed E-state index contributed by atoms with van der Waals surface area (Å²) in [7, 11) is 0. The summed E-state index contributed by atoms with van der Waals surface area (Å²) in [6.45, 7) is 2.02. The first-order valence-electron chi connectivity index (χ1n) is 6.20. The number of carbonyl (C=O) groups is 1. The number of amides is 1. The Morgan fingerprint density at radius 2 is 2.10 bits per heavy atom. The number of aromatic nitrogens is 1. The average Bonchev–Trinajstić information content (AvgIpc) is 2.82. The zero-order valence-corrected chi connectivity index (χ0v) is 13.5. The van der Waals surface area contributed by atoms with Crippen LogP contribution in [0.4, 0.5) is 5.13 Å². The Morgan fingerprint density at radius 3 is 2.90 bits per heavy atom. The molecule has 3 nitrogen and oxygen atoms in total. The maximum Gasteiger partial charge on any atom is 0.258 e. The van der Waals surface area contributed by atoms with Crippen molar-refractivity contribution in [2.24, 2.45) is 0 Å². The second kappa shape index (κ2) is 5.67. The molecular formula is C15H11ClN2OS2. The van der Waals surface area contributed by atoms with Crippen LogP contribution in [-0.2, 0) is 0 Å². The van der Waals surface area contributed by atoms with E-state index >= 15 is 0 Å². The summed E-state index contributed by atoms with van der Waals surface area (Å²) in [5.41, 5.74) is 2.42. The Balaban J connectivity index is 1.90. The fraction of sp³-hybridized carbons (Fsp3) is 0.0667. The molecule has 0 aliphatic carbocycles. The van der Waals surface area contributed by atoms with Gasteiger partial charge in [-0.2, -0.15) is 0 Å². The molecule has 0 saturated heterocycles. The normalized spacial score (nSPS) is 10.8. The summed E-state index contributed by atoms with van der Waals surface area (Å²) in [6, 6.07) is 11.0. The van der Waals surface area contributed by atoms with Crippen LogP contribution in [0.2, 0.25) is 5.02 Å². The topological polar surface area (TPSA) is 42.0 Å². The van der Waals surface area contributed by atoms with E-state index in [0.717, 1.165) is 15.8 Å². The van der Waals surface area contributed by atoms with Crippen LogP contribution in [-0.4, -0.2) is 10.9 Å². The predicted molar refractivity (Wildman–Crippen MR) is 91.0 cm³/mol. The molecule has 3 aromatic rings. The number of thiol groups is 1. The van der Waals surface area contributed by atoms with Gasteiger partial charge in [0.2, 0.25) is 0 Å². The lowest BCUT2D eigenvalue weighted by atomic mass is 10.2. The van der Waals surface area contributed by atoms with E-state index in [9.17, 15) is 4.79 Å². The first kappa shape index (κ1) is 14.4. The van der Waals surface area contributed by atoms with Gasteiger partial charge in [-0.15, -0.1) is 12.6 Å². The van der Waals surface area contributed by atoms with Gasteiger partial charge in [-0.1, -0.05) is 29.0 Å². The fourth-order valence-corrected chi connectivity index (χ4v) is 3.30. The van der Waals surface area contributed by atoms with Crippen LogP contribution in [0.3, 0.4) is 0 Å². The Morgan fingerprint density at radius 1 is 1.29 bits per heavy atom. The highest BCUT2D eigenvalue weighted by Crippen LogP contribution is 2.28. The monoisotopic (exact) mass is 334 g/mol. The van der Waals surface area contributed by atoms with Crippen LogP contribution in [0.1, 0.15) is 15.9 Å². The van der Waals surface area contributed by atoms with E-state index in [1.807, 2.05) is 25.1 Å². The minimum atomic E-state index is -0.285. The minimum Gasteiger partial charge on any atom is -0.298 e. The third kappa shape index (κ3) is 3.05. The van der Waals surface area contributed by atoms with Crippen molar-refractivity contribution >= 4 is 56.8 Å². The second-order valence-electron chi connectivity index (χ2n) is 4.61. The van der Waals surface area contributed by atoms with Gasteiger partial charge in [0.15, 0.2) is 5.13 Å². The third-order valence-electron chi connectivity index (χ3n) is 2.96. The van der Waals surface area contributed by atoms with E-state index in [2.05, 4.69) is 22.9 Å². The molecule has 0 fully saturated rings. The van der Waals surface area contributed by atoms with E-state index in [1.54, 1.807) is 18.2 Å². The molecule has 1 aromatic heterocycles. The molecule has 0 radical (unpaired) electrons. The molecule has 2 aromatic carbocycles. The molecule has 1 amide bonds. The van der Waals surface area contributed by atoms with Crippen LogP contribution >= 0.6 is 35.6 Å². The molecule has 0 aliphatic rings. The van der Waals surface area contributed by atoms with E-state index in [0.29, 0.717) is 20.6 Å². The lowest BCUT2D eigenvalue weighted by Crippen LogP contribution is -2.12. The van der Waals surface area contributed by atoms with Crippen molar-refractivity contribution in [1.29, 1.82) is 0 Å². The number of benzene rings is 2. The minimum absolute atomic E-state index is 0.285. The zero-order chi connectivity index (χ0) is 15.0. The summed E-state index contributed by atoms with van der Waals surface area (Å²) in [6.07, 6.45) is 0. The highest BCUT2D eigenvalue weighted by molar-refractivity contribution is 7.80. The van der Waals surface area contributed by atoms with E-state index < -0.39 is 0 Å². The lowest BCUT2D eigenvalue weighted by molar-refractivity contribution is 0.102. The van der Waals surface area contributed by atoms with Crippen LogP contribution in [0.15, 0.2) is 41.3 Å². The molecule has 0 atom stereocenters. The third-order valence-corrected chi connectivity index (χ3v) is 4.50. The molecule has 6 heteroatoms. The van der Waals surface area contributed by atoms with Crippen LogP contribution in [0, 0.1) is 6.92 Å². The molecule has 1 heterocycles. The average molecular weight is 335 g/mol. The van der Waals surface area contributed by atoms with Gasteiger partial charge in [0.1, 0.15) is 0 Å². The number of nitrogens with zero attached hydrogens (tertiary/aromatic N) is 1. The number of halogens is 1. The zero-order valence-electron chi connectivity index (χ0n) is 11.1. The highest BCUT2D eigenvalue weighted by Gasteiger charge is 2.13. The SMILES string of the molecule is Cc1ccc2nc(NC(=O)c3cc(S)ccc3Cl)sc2c1. The number of anilines is 1. The number of hydrogen-bond donors (Lipinski definition) is 2. The number of carbonyl (C=O) groups excluding carboxylic acids is 1. The molecule has 0 unspecified atom stereocenters. The molecule has 0 bridgehead atoms. The molecule has 0 aliphatic heterocycles. The summed E-state index contributed by atoms with van der Waals surface area (Å²) >= 11 is 11.7. The van der Waals surface area contributed by atoms with Crippen molar-refractivity contribution in [2.45, 2.75) is 11.8 Å². The van der Waals surface area contributed by atoms with Gasteiger partial charge in [-0.3, -0.25) is 10.1 Å². The quantitative estimate of drug-likeness (QED) is 0.661. The van der Waals surface area contributed by atoms with Gasteiger partial charge < -0.3 is 0 Å². The standard InChI is InChI=1S/C15H11ClN2OS2/c1-8-2-5-12-13(6-8)21-15(17-12)18-14(19)10-7-9(20)3-4-11(10)16/h2-7,20H,1H3,(H,17,18,19). The molecule has 21 heavy (non-hydrogen) atoms. The smallest absolute Gasteiger partial charge is 0.258 e. The van der Waals surface area contributed by atoms with Crippen molar-refractivity contribution in [3.63, 3.8) is 0 Å². The maximum absolute atomic E-state index is 12.3. The van der Waals surface area contributed by atoms with Crippen molar-refractivity contribution in [2.75, 3.05) is 5.32 Å². The maximum atomic E-state index is 12.3. The Kier molecular flexibility index (Phi) is 3.89. The van der Waals surface area contributed by atoms with E-state index in [-0.39, 0.29) is 5.91 Å². The van der Waals surface area contributed by atoms with Gasteiger partial charge in [0.05, 0.1) is 20.8 Å². The molecule has 3 rings (SSSR count). The van der Waals surface area contributed by atoms with Crippen molar-refractivity contribution in [3.8, 4) is 0 Å². The number of fused-ring (bicyclic) bond motifs is 1. The van der Waals surface area contributed by atoms with Gasteiger partial charge in [0.25, 0.3) is 5.91 Å². The Labute approximate surface area is 136 Å². The van der Waals surface area contributed by atoms with Crippen LogP contribution in [0.5, 0.6) is 0 Å². The number of rotatable bonds is 2. The predicted octanol–water partition coefficient (Wildman–Crippen LogP) is 4.80. The molecule has 0 saturated carbocycles. The number of hydrogen-bond acceptors (Lipinski definition) is 4. The number of aryl methyl sites for hydroxylation is 1.